The lowest BCUT2D eigenvalue weighted by Crippen LogP contribution is -2.30. The van der Waals surface area contributed by atoms with Crippen molar-refractivity contribution >= 4 is 11.3 Å². The minimum Gasteiger partial charge on any atom is -0.470 e. The molecule has 1 aromatic rings. The molecule has 0 aliphatic heterocycles. The molecule has 0 saturated heterocycles. The van der Waals surface area contributed by atoms with Gasteiger partial charge in [0.2, 0.25) is 0 Å². The van der Waals surface area contributed by atoms with Gasteiger partial charge in [-0.15, -0.1) is 0 Å². The topological polar surface area (TPSA) is 48.1 Å². The zero-order chi connectivity index (χ0) is 10.5. The van der Waals surface area contributed by atoms with Gasteiger partial charge in [-0.1, -0.05) is 24.2 Å². The van der Waals surface area contributed by atoms with Crippen molar-refractivity contribution in [3.05, 3.63) is 11.6 Å². The van der Waals surface area contributed by atoms with E-state index < -0.39 is 0 Å². The molecule has 1 aliphatic rings. The molecule has 0 amide bonds. The molecule has 84 valence electrons. The SMILES string of the molecule is NCC1CCCCC1COc1nccs1. The number of hydrogen-bond acceptors (Lipinski definition) is 4. The maximum Gasteiger partial charge on any atom is 0.273 e. The first kappa shape index (κ1) is 10.9. The molecule has 1 heterocycles. The molecule has 0 bridgehead atoms. The predicted molar refractivity (Wildman–Crippen MR) is 62.1 cm³/mol. The van der Waals surface area contributed by atoms with E-state index in [2.05, 4.69) is 4.98 Å². The first-order valence-corrected chi connectivity index (χ1v) is 6.50. The predicted octanol–water partition coefficient (Wildman–Crippen LogP) is 2.29. The molecular formula is C11H18N2OS. The van der Waals surface area contributed by atoms with Crippen LogP contribution in [0.4, 0.5) is 0 Å². The smallest absolute Gasteiger partial charge is 0.273 e. The van der Waals surface area contributed by atoms with Crippen LogP contribution < -0.4 is 10.5 Å². The molecule has 1 saturated carbocycles. The van der Waals surface area contributed by atoms with E-state index in [9.17, 15) is 0 Å². The summed E-state index contributed by atoms with van der Waals surface area (Å²) in [7, 11) is 0. The summed E-state index contributed by atoms with van der Waals surface area (Å²) in [5, 5.41) is 2.73. The molecule has 0 aromatic carbocycles. The van der Waals surface area contributed by atoms with E-state index in [-0.39, 0.29) is 0 Å². The van der Waals surface area contributed by atoms with E-state index in [1.807, 2.05) is 5.38 Å². The molecule has 2 rings (SSSR count). The van der Waals surface area contributed by atoms with E-state index in [1.54, 1.807) is 17.5 Å². The zero-order valence-corrected chi connectivity index (χ0v) is 9.71. The maximum absolute atomic E-state index is 5.77. The van der Waals surface area contributed by atoms with Crippen molar-refractivity contribution in [2.75, 3.05) is 13.2 Å². The van der Waals surface area contributed by atoms with Gasteiger partial charge in [0.05, 0.1) is 6.61 Å². The van der Waals surface area contributed by atoms with Crippen LogP contribution >= 0.6 is 11.3 Å². The van der Waals surface area contributed by atoms with Gasteiger partial charge in [-0.25, -0.2) is 4.98 Å². The Morgan fingerprint density at radius 1 is 1.40 bits per heavy atom. The molecule has 2 N–H and O–H groups in total. The van der Waals surface area contributed by atoms with Gasteiger partial charge in [0.1, 0.15) is 0 Å². The second kappa shape index (κ2) is 5.47. The lowest BCUT2D eigenvalue weighted by atomic mass is 9.80. The summed E-state index contributed by atoms with van der Waals surface area (Å²) in [5.74, 6) is 1.28. The summed E-state index contributed by atoms with van der Waals surface area (Å²) >= 11 is 1.56. The fraction of sp³-hybridized carbons (Fsp3) is 0.727. The minimum absolute atomic E-state index is 0.632. The first-order chi connectivity index (χ1) is 7.40. The Balaban J connectivity index is 1.81. The van der Waals surface area contributed by atoms with Crippen LogP contribution in [0.1, 0.15) is 25.7 Å². The summed E-state index contributed by atoms with van der Waals surface area (Å²) in [4.78, 5) is 4.12. The summed E-state index contributed by atoms with van der Waals surface area (Å²) in [6.45, 7) is 1.58. The van der Waals surface area contributed by atoms with Crippen molar-refractivity contribution in [2.45, 2.75) is 25.7 Å². The molecule has 1 fully saturated rings. The van der Waals surface area contributed by atoms with Crippen LogP contribution in [0.25, 0.3) is 0 Å². The third kappa shape index (κ3) is 2.92. The van der Waals surface area contributed by atoms with Gasteiger partial charge in [0, 0.05) is 11.6 Å². The third-order valence-corrected chi connectivity index (χ3v) is 3.88. The van der Waals surface area contributed by atoms with Crippen LogP contribution in [-0.2, 0) is 0 Å². The zero-order valence-electron chi connectivity index (χ0n) is 8.89. The van der Waals surface area contributed by atoms with Gasteiger partial charge < -0.3 is 10.5 Å². The van der Waals surface area contributed by atoms with Crippen LogP contribution in [0.3, 0.4) is 0 Å². The number of nitrogens with two attached hydrogens (primary N) is 1. The average molecular weight is 226 g/mol. The number of nitrogens with zero attached hydrogens (tertiary/aromatic N) is 1. The summed E-state index contributed by atoms with van der Waals surface area (Å²) in [6.07, 6.45) is 6.95. The largest absolute Gasteiger partial charge is 0.470 e. The quantitative estimate of drug-likeness (QED) is 0.857. The number of hydrogen-bond donors (Lipinski definition) is 1. The summed E-state index contributed by atoms with van der Waals surface area (Å²) in [5.41, 5.74) is 5.77. The van der Waals surface area contributed by atoms with Crippen molar-refractivity contribution in [3.8, 4) is 5.19 Å². The van der Waals surface area contributed by atoms with Gasteiger partial charge in [-0.3, -0.25) is 0 Å². The van der Waals surface area contributed by atoms with Gasteiger partial charge in [0.15, 0.2) is 0 Å². The van der Waals surface area contributed by atoms with Gasteiger partial charge in [-0.2, -0.15) is 0 Å². The fourth-order valence-corrected chi connectivity index (χ4v) is 2.77. The lowest BCUT2D eigenvalue weighted by molar-refractivity contribution is 0.153. The maximum atomic E-state index is 5.77. The minimum atomic E-state index is 0.632. The highest BCUT2D eigenvalue weighted by atomic mass is 32.1. The molecule has 2 unspecified atom stereocenters. The number of aromatic nitrogens is 1. The number of ether oxygens (including phenoxy) is 1. The Morgan fingerprint density at radius 3 is 2.87 bits per heavy atom. The Kier molecular flexibility index (Phi) is 3.97. The average Bonchev–Trinajstić information content (AvgIpc) is 2.79. The molecule has 4 heteroatoms. The lowest BCUT2D eigenvalue weighted by Gasteiger charge is -2.29. The first-order valence-electron chi connectivity index (χ1n) is 5.62. The highest BCUT2D eigenvalue weighted by Gasteiger charge is 2.24. The Morgan fingerprint density at radius 2 is 2.20 bits per heavy atom. The van der Waals surface area contributed by atoms with Gasteiger partial charge in [-0.05, 0) is 31.2 Å². The van der Waals surface area contributed by atoms with Crippen LogP contribution in [-0.4, -0.2) is 18.1 Å². The molecule has 15 heavy (non-hydrogen) atoms. The van der Waals surface area contributed by atoms with Crippen LogP contribution in [0, 0.1) is 11.8 Å². The van der Waals surface area contributed by atoms with E-state index >= 15 is 0 Å². The molecule has 2 atom stereocenters. The van der Waals surface area contributed by atoms with E-state index in [1.165, 1.54) is 25.7 Å². The van der Waals surface area contributed by atoms with E-state index in [0.29, 0.717) is 11.8 Å². The van der Waals surface area contributed by atoms with Crippen LogP contribution in [0.5, 0.6) is 5.19 Å². The standard InChI is InChI=1S/C11H18N2OS/c12-7-9-3-1-2-4-10(9)8-14-11-13-5-6-15-11/h5-6,9-10H,1-4,7-8,12H2. The third-order valence-electron chi connectivity index (χ3n) is 3.20. The highest BCUT2D eigenvalue weighted by molar-refractivity contribution is 7.11. The Labute approximate surface area is 94.7 Å². The molecule has 0 radical (unpaired) electrons. The summed E-state index contributed by atoms with van der Waals surface area (Å²) < 4.78 is 5.67. The molecule has 0 spiro atoms. The van der Waals surface area contributed by atoms with Crippen molar-refractivity contribution in [2.24, 2.45) is 17.6 Å². The highest BCUT2D eigenvalue weighted by Crippen LogP contribution is 2.30. The molecule has 1 aromatic heterocycles. The van der Waals surface area contributed by atoms with Crippen LogP contribution in [0.15, 0.2) is 11.6 Å². The van der Waals surface area contributed by atoms with Gasteiger partial charge in [0.25, 0.3) is 5.19 Å². The molecular weight excluding hydrogens is 208 g/mol. The van der Waals surface area contributed by atoms with Crippen molar-refractivity contribution in [1.82, 2.24) is 4.98 Å². The number of thiazole rings is 1. The van der Waals surface area contributed by atoms with E-state index in [0.717, 1.165) is 18.3 Å². The van der Waals surface area contributed by atoms with E-state index in [4.69, 9.17) is 10.5 Å². The second-order valence-electron chi connectivity index (χ2n) is 4.15. The molecule has 3 nitrogen and oxygen atoms in total. The summed E-state index contributed by atoms with van der Waals surface area (Å²) in [6, 6.07) is 0. The normalized spacial score (nSPS) is 26.5. The van der Waals surface area contributed by atoms with Gasteiger partial charge >= 0.3 is 0 Å². The van der Waals surface area contributed by atoms with Crippen molar-refractivity contribution in [3.63, 3.8) is 0 Å². The fourth-order valence-electron chi connectivity index (χ4n) is 2.27. The number of rotatable bonds is 4. The Bertz CT molecular complexity index is 276. The monoisotopic (exact) mass is 226 g/mol. The van der Waals surface area contributed by atoms with Crippen LogP contribution in [0.2, 0.25) is 0 Å². The second-order valence-corrected chi connectivity index (χ2v) is 5.01. The van der Waals surface area contributed by atoms with Crippen molar-refractivity contribution in [1.29, 1.82) is 0 Å². The van der Waals surface area contributed by atoms with Crippen molar-refractivity contribution < 1.29 is 4.74 Å². The molecule has 1 aliphatic carbocycles. The Hall–Kier alpha value is -0.610.